The van der Waals surface area contributed by atoms with E-state index in [1.54, 1.807) is 24.3 Å². The summed E-state index contributed by atoms with van der Waals surface area (Å²) < 4.78 is 50.0. The van der Waals surface area contributed by atoms with Crippen LogP contribution in [0.5, 0.6) is 0 Å². The molecule has 0 spiro atoms. The van der Waals surface area contributed by atoms with Gasteiger partial charge in [0.05, 0.1) is 11.4 Å². The highest BCUT2D eigenvalue weighted by molar-refractivity contribution is 7.79. The van der Waals surface area contributed by atoms with Crippen molar-refractivity contribution in [2.24, 2.45) is 0 Å². The molecule has 0 aliphatic heterocycles. The van der Waals surface area contributed by atoms with Gasteiger partial charge in [0, 0.05) is 10.5 Å². The van der Waals surface area contributed by atoms with Gasteiger partial charge >= 0.3 is 0 Å². The maximum atomic E-state index is 13.4. The van der Waals surface area contributed by atoms with E-state index >= 15 is 0 Å². The summed E-state index contributed by atoms with van der Waals surface area (Å²) >= 11 is -2.40. The van der Waals surface area contributed by atoms with Crippen LogP contribution in [0.3, 0.4) is 0 Å². The minimum atomic E-state index is -2.91. The van der Waals surface area contributed by atoms with Crippen LogP contribution in [0.1, 0.15) is 23.2 Å². The third-order valence-electron chi connectivity index (χ3n) is 3.83. The fourth-order valence-corrected chi connectivity index (χ4v) is 2.92. The van der Waals surface area contributed by atoms with Crippen LogP contribution in [0.4, 0.5) is 8.78 Å². The van der Waals surface area contributed by atoms with Crippen molar-refractivity contribution in [3.05, 3.63) is 65.4 Å². The van der Waals surface area contributed by atoms with Crippen LogP contribution in [-0.2, 0) is 11.1 Å². The minimum Gasteiger partial charge on any atom is -0.768 e. The Hall–Kier alpha value is -2.89. The fourth-order valence-electron chi connectivity index (χ4n) is 2.56. The van der Waals surface area contributed by atoms with Crippen molar-refractivity contribution in [2.45, 2.75) is 18.2 Å². The van der Waals surface area contributed by atoms with Gasteiger partial charge in [-0.3, -0.25) is 4.21 Å². The molecule has 1 heterocycles. The molecule has 3 rings (SSSR count). The van der Waals surface area contributed by atoms with E-state index in [1.165, 1.54) is 28.9 Å². The molecular weight excluding hydrogens is 360 g/mol. The SMILES string of the molecule is Cc1ccc(-c2c(C#N)c(C(F)F)nn2-c2ccc(S(=O)[O-])cc2)cc1. The molecule has 0 saturated heterocycles. The Morgan fingerprint density at radius 3 is 2.27 bits per heavy atom. The lowest BCUT2D eigenvalue weighted by Gasteiger charge is -2.10. The summed E-state index contributed by atoms with van der Waals surface area (Å²) in [6, 6.07) is 14.5. The minimum absolute atomic E-state index is 0.0624. The molecule has 5 nitrogen and oxygen atoms in total. The van der Waals surface area contributed by atoms with E-state index in [2.05, 4.69) is 5.10 Å². The Bertz CT molecular complexity index is 1010. The molecule has 0 saturated carbocycles. The van der Waals surface area contributed by atoms with Crippen LogP contribution in [0.15, 0.2) is 53.4 Å². The Morgan fingerprint density at radius 2 is 1.77 bits per heavy atom. The van der Waals surface area contributed by atoms with Crippen molar-refractivity contribution in [1.29, 1.82) is 5.26 Å². The molecule has 0 bridgehead atoms. The van der Waals surface area contributed by atoms with Crippen molar-refractivity contribution in [1.82, 2.24) is 9.78 Å². The molecule has 26 heavy (non-hydrogen) atoms. The van der Waals surface area contributed by atoms with Crippen molar-refractivity contribution in [3.8, 4) is 23.0 Å². The summed E-state index contributed by atoms with van der Waals surface area (Å²) in [6.07, 6.45) is -2.91. The summed E-state index contributed by atoms with van der Waals surface area (Å²) in [6.45, 7) is 1.89. The second kappa shape index (κ2) is 7.15. The highest BCUT2D eigenvalue weighted by atomic mass is 32.2. The predicted octanol–water partition coefficient (Wildman–Crippen LogP) is 3.90. The third kappa shape index (κ3) is 3.27. The maximum Gasteiger partial charge on any atom is 0.283 e. The van der Waals surface area contributed by atoms with Crippen molar-refractivity contribution in [2.75, 3.05) is 0 Å². The molecule has 0 N–H and O–H groups in total. The average molecular weight is 372 g/mol. The van der Waals surface area contributed by atoms with Gasteiger partial charge in [-0.05, 0) is 42.3 Å². The van der Waals surface area contributed by atoms with Crippen LogP contribution >= 0.6 is 0 Å². The third-order valence-corrected chi connectivity index (χ3v) is 4.49. The highest BCUT2D eigenvalue weighted by Gasteiger charge is 2.25. The fraction of sp³-hybridized carbons (Fsp3) is 0.111. The van der Waals surface area contributed by atoms with Crippen LogP contribution < -0.4 is 0 Å². The topological polar surface area (TPSA) is 81.7 Å². The van der Waals surface area contributed by atoms with Crippen molar-refractivity contribution < 1.29 is 17.5 Å². The van der Waals surface area contributed by atoms with Gasteiger partial charge in [-0.15, -0.1) is 0 Å². The number of halogens is 2. The van der Waals surface area contributed by atoms with Gasteiger partial charge in [0.2, 0.25) is 0 Å². The standard InChI is InChI=1S/C18H13F2N3O2S/c1-11-2-4-12(5-3-11)17-15(10-21)16(18(19)20)22-23(17)13-6-8-14(9-7-13)26(24)25/h2-9,18H,1H3,(H,24,25)/p-1. The molecule has 2 aromatic carbocycles. The molecule has 8 heteroatoms. The van der Waals surface area contributed by atoms with Gasteiger partial charge in [0.25, 0.3) is 6.43 Å². The number of aryl methyl sites for hydroxylation is 1. The molecule has 1 aromatic heterocycles. The van der Waals surface area contributed by atoms with Gasteiger partial charge < -0.3 is 4.55 Å². The van der Waals surface area contributed by atoms with E-state index in [0.29, 0.717) is 11.3 Å². The zero-order valence-corrected chi connectivity index (χ0v) is 14.3. The molecule has 1 atom stereocenters. The lowest BCUT2D eigenvalue weighted by Crippen LogP contribution is -2.01. The Morgan fingerprint density at radius 1 is 1.15 bits per heavy atom. The maximum absolute atomic E-state index is 13.4. The van der Waals surface area contributed by atoms with Gasteiger partial charge in [-0.25, -0.2) is 13.5 Å². The quantitative estimate of drug-likeness (QED) is 0.651. The largest absolute Gasteiger partial charge is 0.768 e. The number of alkyl halides is 2. The number of hydrogen-bond donors (Lipinski definition) is 0. The number of benzene rings is 2. The van der Waals surface area contributed by atoms with E-state index in [0.717, 1.165) is 5.56 Å². The average Bonchev–Trinajstić information content (AvgIpc) is 3.02. The van der Waals surface area contributed by atoms with Crippen LogP contribution in [0.2, 0.25) is 0 Å². The Balaban J connectivity index is 2.25. The van der Waals surface area contributed by atoms with E-state index in [1.807, 2.05) is 13.0 Å². The monoisotopic (exact) mass is 372 g/mol. The van der Waals surface area contributed by atoms with E-state index in [4.69, 9.17) is 0 Å². The van der Waals surface area contributed by atoms with Crippen molar-refractivity contribution in [3.63, 3.8) is 0 Å². The van der Waals surface area contributed by atoms with Crippen LogP contribution in [0, 0.1) is 18.3 Å². The number of hydrogen-bond acceptors (Lipinski definition) is 4. The van der Waals surface area contributed by atoms with Gasteiger partial charge in [-0.1, -0.05) is 29.8 Å². The smallest absolute Gasteiger partial charge is 0.283 e. The lowest BCUT2D eigenvalue weighted by molar-refractivity contribution is 0.145. The first kappa shape index (κ1) is 17.9. The molecule has 3 aromatic rings. The highest BCUT2D eigenvalue weighted by Crippen LogP contribution is 2.33. The van der Waals surface area contributed by atoms with Gasteiger partial charge in [0.1, 0.15) is 17.3 Å². The first-order chi connectivity index (χ1) is 12.4. The Kier molecular flexibility index (Phi) is 4.93. The molecule has 0 fully saturated rings. The van der Waals surface area contributed by atoms with Gasteiger partial charge in [-0.2, -0.15) is 10.4 Å². The molecule has 132 valence electrons. The predicted molar refractivity (Wildman–Crippen MR) is 90.6 cm³/mol. The lowest BCUT2D eigenvalue weighted by atomic mass is 10.0. The van der Waals surface area contributed by atoms with Gasteiger partial charge in [0.15, 0.2) is 0 Å². The zero-order valence-electron chi connectivity index (χ0n) is 13.5. The molecular formula is C18H12F2N3O2S-. The normalized spacial score (nSPS) is 12.2. The summed E-state index contributed by atoms with van der Waals surface area (Å²) in [5, 5.41) is 13.3. The summed E-state index contributed by atoms with van der Waals surface area (Å²) in [4.78, 5) is 0.0624. The summed E-state index contributed by atoms with van der Waals surface area (Å²) in [5.41, 5.74) is 1.33. The second-order valence-electron chi connectivity index (χ2n) is 5.53. The molecule has 0 amide bonds. The molecule has 1 unspecified atom stereocenters. The van der Waals surface area contributed by atoms with Crippen LogP contribution in [-0.4, -0.2) is 18.5 Å². The molecule has 0 radical (unpaired) electrons. The van der Waals surface area contributed by atoms with E-state index < -0.39 is 23.2 Å². The molecule has 0 aliphatic carbocycles. The zero-order chi connectivity index (χ0) is 18.8. The summed E-state index contributed by atoms with van der Waals surface area (Å²) in [5.74, 6) is 0. The van der Waals surface area contributed by atoms with E-state index in [-0.39, 0.29) is 16.2 Å². The van der Waals surface area contributed by atoms with Crippen LogP contribution in [0.25, 0.3) is 16.9 Å². The first-order valence-corrected chi connectivity index (χ1v) is 8.57. The number of rotatable bonds is 4. The first-order valence-electron chi connectivity index (χ1n) is 7.50. The van der Waals surface area contributed by atoms with E-state index in [9.17, 15) is 22.8 Å². The number of aromatic nitrogens is 2. The summed E-state index contributed by atoms with van der Waals surface area (Å²) in [7, 11) is 0. The van der Waals surface area contributed by atoms with Crippen molar-refractivity contribution >= 4 is 11.1 Å². The molecule has 0 aliphatic rings. The second-order valence-corrected chi connectivity index (χ2v) is 6.47. The number of nitriles is 1. The number of nitrogens with zero attached hydrogens (tertiary/aromatic N) is 3. The Labute approximate surface area is 150 Å².